The van der Waals surface area contributed by atoms with E-state index in [1.54, 1.807) is 24.3 Å². The first-order valence-electron chi connectivity index (χ1n) is 10.1. The largest absolute Gasteiger partial charge is 0.481 e. The Kier molecular flexibility index (Phi) is 4.71. The summed E-state index contributed by atoms with van der Waals surface area (Å²) in [5.74, 6) is 1.19. The minimum absolute atomic E-state index is 0.0435. The Hall–Kier alpha value is -3.26. The molecule has 154 valence electrons. The van der Waals surface area contributed by atoms with Gasteiger partial charge in [0.25, 0.3) is 5.91 Å². The molecule has 1 amide bonds. The molecule has 30 heavy (non-hydrogen) atoms. The number of aryl methyl sites for hydroxylation is 1. The SMILES string of the molecule is Cc1cc(-c2cnc(NCC3CCCO3)nc2)nc2cc3c(cc12)N(C)C(=O)CO3. The molecule has 1 N–H and O–H groups in total. The maximum Gasteiger partial charge on any atom is 0.264 e. The maximum atomic E-state index is 11.9. The second-order valence-electron chi connectivity index (χ2n) is 7.71. The standard InChI is InChI=1S/C22H23N5O3/c1-13-6-17(14-9-23-22(24-10-14)25-11-15-4-3-5-29-15)26-18-8-20-19(7-16(13)18)27(2)21(28)12-30-20/h6-10,15H,3-5,11-12H2,1-2H3,(H,23,24,25). The number of ether oxygens (including phenoxy) is 2. The zero-order chi connectivity index (χ0) is 20.7. The lowest BCUT2D eigenvalue weighted by atomic mass is 10.0. The number of likely N-dealkylation sites (N-methyl/N-ethyl adjacent to an activating group) is 1. The minimum atomic E-state index is -0.0607. The van der Waals surface area contributed by atoms with E-state index >= 15 is 0 Å². The Morgan fingerprint density at radius 1 is 1.23 bits per heavy atom. The van der Waals surface area contributed by atoms with E-state index in [1.165, 1.54) is 0 Å². The van der Waals surface area contributed by atoms with Gasteiger partial charge < -0.3 is 19.7 Å². The molecule has 2 aliphatic heterocycles. The highest BCUT2D eigenvalue weighted by atomic mass is 16.5. The first kappa shape index (κ1) is 18.7. The molecule has 1 fully saturated rings. The smallest absolute Gasteiger partial charge is 0.264 e. The second-order valence-corrected chi connectivity index (χ2v) is 7.71. The summed E-state index contributed by atoms with van der Waals surface area (Å²) in [6.07, 6.45) is 5.98. The Balaban J connectivity index is 1.42. The van der Waals surface area contributed by atoms with Crippen molar-refractivity contribution in [1.29, 1.82) is 0 Å². The van der Waals surface area contributed by atoms with Crippen molar-refractivity contribution in [3.63, 3.8) is 0 Å². The van der Waals surface area contributed by atoms with Crippen LogP contribution in [0.15, 0.2) is 30.6 Å². The van der Waals surface area contributed by atoms with Gasteiger partial charge in [-0.05, 0) is 37.5 Å². The summed E-state index contributed by atoms with van der Waals surface area (Å²) in [5.41, 5.74) is 4.28. The minimum Gasteiger partial charge on any atom is -0.481 e. The average Bonchev–Trinajstić information content (AvgIpc) is 3.28. The molecule has 3 aromatic rings. The van der Waals surface area contributed by atoms with E-state index in [2.05, 4.69) is 15.3 Å². The molecular weight excluding hydrogens is 382 g/mol. The number of rotatable bonds is 4. The third-order valence-corrected chi connectivity index (χ3v) is 5.64. The molecular formula is C22H23N5O3. The molecule has 8 heteroatoms. The number of amides is 1. The van der Waals surface area contributed by atoms with Crippen LogP contribution >= 0.6 is 0 Å². The molecule has 0 radical (unpaired) electrons. The highest BCUT2D eigenvalue weighted by Gasteiger charge is 2.23. The zero-order valence-electron chi connectivity index (χ0n) is 17.0. The van der Waals surface area contributed by atoms with Gasteiger partial charge in [-0.2, -0.15) is 0 Å². The number of nitrogens with zero attached hydrogens (tertiary/aromatic N) is 4. The van der Waals surface area contributed by atoms with E-state index in [9.17, 15) is 4.79 Å². The van der Waals surface area contributed by atoms with Crippen LogP contribution in [0.4, 0.5) is 11.6 Å². The van der Waals surface area contributed by atoms with Gasteiger partial charge in [0.2, 0.25) is 5.95 Å². The van der Waals surface area contributed by atoms with Gasteiger partial charge in [0.05, 0.1) is 23.0 Å². The summed E-state index contributed by atoms with van der Waals surface area (Å²) in [6, 6.07) is 5.86. The molecule has 0 saturated carbocycles. The fourth-order valence-electron chi connectivity index (χ4n) is 3.87. The van der Waals surface area contributed by atoms with Crippen LogP contribution in [0.25, 0.3) is 22.2 Å². The molecule has 4 heterocycles. The first-order valence-corrected chi connectivity index (χ1v) is 10.1. The third-order valence-electron chi connectivity index (χ3n) is 5.64. The number of pyridine rings is 1. The number of nitrogens with one attached hydrogen (secondary N) is 1. The molecule has 1 unspecified atom stereocenters. The number of carbonyl (C=O) groups excluding carboxylic acids is 1. The van der Waals surface area contributed by atoms with Gasteiger partial charge in [-0.1, -0.05) is 0 Å². The van der Waals surface area contributed by atoms with Crippen molar-refractivity contribution in [2.45, 2.75) is 25.9 Å². The number of benzene rings is 1. The lowest BCUT2D eigenvalue weighted by molar-refractivity contribution is -0.120. The van der Waals surface area contributed by atoms with E-state index in [1.807, 2.05) is 25.1 Å². The van der Waals surface area contributed by atoms with Crippen LogP contribution in [-0.2, 0) is 9.53 Å². The number of carbonyl (C=O) groups is 1. The highest BCUT2D eigenvalue weighted by Crippen LogP contribution is 2.36. The van der Waals surface area contributed by atoms with Gasteiger partial charge in [-0.3, -0.25) is 4.79 Å². The normalized spacial score (nSPS) is 18.4. The molecule has 2 aromatic heterocycles. The molecule has 1 atom stereocenters. The number of fused-ring (bicyclic) bond motifs is 2. The summed E-state index contributed by atoms with van der Waals surface area (Å²) < 4.78 is 11.2. The topological polar surface area (TPSA) is 89.5 Å². The molecule has 0 bridgehead atoms. The summed E-state index contributed by atoms with van der Waals surface area (Å²) in [7, 11) is 1.76. The zero-order valence-corrected chi connectivity index (χ0v) is 17.0. The van der Waals surface area contributed by atoms with Gasteiger partial charge in [-0.25, -0.2) is 15.0 Å². The summed E-state index contributed by atoms with van der Waals surface area (Å²) in [5, 5.41) is 4.22. The molecule has 2 aliphatic rings. The number of hydrogen-bond donors (Lipinski definition) is 1. The summed E-state index contributed by atoms with van der Waals surface area (Å²) >= 11 is 0. The predicted octanol–water partition coefficient (Wildman–Crippen LogP) is 2.95. The van der Waals surface area contributed by atoms with Crippen molar-refractivity contribution >= 4 is 28.4 Å². The third kappa shape index (κ3) is 3.43. The summed E-state index contributed by atoms with van der Waals surface area (Å²) in [4.78, 5) is 27.2. The molecule has 0 spiro atoms. The van der Waals surface area contributed by atoms with Crippen LogP contribution in [0.5, 0.6) is 5.75 Å². The van der Waals surface area contributed by atoms with Gasteiger partial charge in [0.1, 0.15) is 5.75 Å². The van der Waals surface area contributed by atoms with Crippen molar-refractivity contribution in [3.05, 3.63) is 36.2 Å². The van der Waals surface area contributed by atoms with E-state index in [0.29, 0.717) is 11.7 Å². The van der Waals surface area contributed by atoms with E-state index in [0.717, 1.165) is 59.4 Å². The Bertz CT molecular complexity index is 1110. The van der Waals surface area contributed by atoms with Crippen molar-refractivity contribution < 1.29 is 14.3 Å². The van der Waals surface area contributed by atoms with Crippen molar-refractivity contribution in [1.82, 2.24) is 15.0 Å². The van der Waals surface area contributed by atoms with Crippen LogP contribution in [-0.4, -0.2) is 53.8 Å². The van der Waals surface area contributed by atoms with Crippen LogP contribution < -0.4 is 15.0 Å². The number of anilines is 2. The van der Waals surface area contributed by atoms with Gasteiger partial charge in [0.15, 0.2) is 6.61 Å². The maximum absolute atomic E-state index is 11.9. The fraction of sp³-hybridized carbons (Fsp3) is 0.364. The Labute approximate surface area is 174 Å². The van der Waals surface area contributed by atoms with Crippen molar-refractivity contribution in [2.24, 2.45) is 0 Å². The number of aromatic nitrogens is 3. The van der Waals surface area contributed by atoms with Gasteiger partial charge in [0, 0.05) is 49.6 Å². The lowest BCUT2D eigenvalue weighted by Crippen LogP contribution is -2.35. The monoisotopic (exact) mass is 405 g/mol. The second kappa shape index (κ2) is 7.53. The van der Waals surface area contributed by atoms with Crippen molar-refractivity contribution in [2.75, 3.05) is 37.0 Å². The molecule has 0 aliphatic carbocycles. The fourth-order valence-corrected chi connectivity index (χ4v) is 3.87. The summed E-state index contributed by atoms with van der Waals surface area (Å²) in [6.45, 7) is 3.63. The van der Waals surface area contributed by atoms with Gasteiger partial charge in [-0.15, -0.1) is 0 Å². The van der Waals surface area contributed by atoms with Crippen LogP contribution in [0.2, 0.25) is 0 Å². The number of hydrogen-bond acceptors (Lipinski definition) is 7. The predicted molar refractivity (Wildman–Crippen MR) is 114 cm³/mol. The van der Waals surface area contributed by atoms with E-state index in [-0.39, 0.29) is 18.6 Å². The van der Waals surface area contributed by atoms with E-state index in [4.69, 9.17) is 14.5 Å². The molecule has 1 saturated heterocycles. The van der Waals surface area contributed by atoms with Crippen molar-refractivity contribution in [3.8, 4) is 17.0 Å². The first-order chi connectivity index (χ1) is 14.6. The van der Waals surface area contributed by atoms with Gasteiger partial charge >= 0.3 is 0 Å². The lowest BCUT2D eigenvalue weighted by Gasteiger charge is -2.26. The Morgan fingerprint density at radius 2 is 2.07 bits per heavy atom. The van der Waals surface area contributed by atoms with Crippen LogP contribution in [0.3, 0.4) is 0 Å². The van der Waals surface area contributed by atoms with E-state index < -0.39 is 0 Å². The average molecular weight is 405 g/mol. The molecule has 5 rings (SSSR count). The molecule has 8 nitrogen and oxygen atoms in total. The molecule has 1 aromatic carbocycles. The Morgan fingerprint density at radius 3 is 2.83 bits per heavy atom. The van der Waals surface area contributed by atoms with Crippen LogP contribution in [0, 0.1) is 6.92 Å². The van der Waals surface area contributed by atoms with Crippen LogP contribution in [0.1, 0.15) is 18.4 Å². The highest BCUT2D eigenvalue weighted by molar-refractivity contribution is 6.01. The quantitative estimate of drug-likeness (QED) is 0.714.